The highest BCUT2D eigenvalue weighted by molar-refractivity contribution is 5.92. The van der Waals surface area contributed by atoms with Crippen molar-refractivity contribution in [1.82, 2.24) is 19.2 Å². The third kappa shape index (κ3) is 6.31. The largest absolute Gasteiger partial charge is 0.493 e. The van der Waals surface area contributed by atoms with Crippen molar-refractivity contribution in [2.75, 3.05) is 33.9 Å². The quantitative estimate of drug-likeness (QED) is 0.367. The fraction of sp³-hybridized carbons (Fsp3) is 0.393. The number of piperidine rings is 1. The van der Waals surface area contributed by atoms with Gasteiger partial charge in [0.25, 0.3) is 11.5 Å². The molecule has 0 bridgehead atoms. The van der Waals surface area contributed by atoms with Gasteiger partial charge in [-0.15, -0.1) is 0 Å². The Morgan fingerprint density at radius 2 is 1.69 bits per heavy atom. The number of hydrogen-bond donors (Lipinski definition) is 0. The molecule has 42 heavy (non-hydrogen) atoms. The summed E-state index contributed by atoms with van der Waals surface area (Å²) in [5, 5.41) is 4.10. The highest BCUT2D eigenvalue weighted by atomic mass is 19.4. The molecule has 0 radical (unpaired) electrons. The van der Waals surface area contributed by atoms with Crippen molar-refractivity contribution in [2.24, 2.45) is 5.92 Å². The van der Waals surface area contributed by atoms with Crippen molar-refractivity contribution < 1.29 is 37.0 Å². The van der Waals surface area contributed by atoms with Crippen LogP contribution in [-0.2, 0) is 22.3 Å². The summed E-state index contributed by atoms with van der Waals surface area (Å²) in [6.45, 7) is 1.63. The van der Waals surface area contributed by atoms with Crippen LogP contribution in [0.1, 0.15) is 41.4 Å². The molecule has 1 fully saturated rings. The highest BCUT2D eigenvalue weighted by Gasteiger charge is 2.33. The second-order valence-corrected chi connectivity index (χ2v) is 9.49. The predicted octanol–water partition coefficient (Wildman–Crippen LogP) is 2.89. The maximum Gasteiger partial charge on any atom is 0.416 e. The monoisotopic (exact) mass is 590 g/mol. The lowest BCUT2D eigenvalue weighted by atomic mass is 9.97. The molecule has 0 unspecified atom stereocenters. The molecule has 1 aliphatic heterocycles. The molecule has 3 aromatic rings. The van der Waals surface area contributed by atoms with Gasteiger partial charge in [0.05, 0.1) is 44.5 Å². The minimum atomic E-state index is -4.64. The number of hydrogen-bond acceptors (Lipinski definition) is 8. The number of methoxy groups -OCH3 is 2. The number of alkyl halides is 3. The van der Waals surface area contributed by atoms with Crippen LogP contribution in [0.15, 0.2) is 52.1 Å². The Kier molecular flexibility index (Phi) is 9.02. The standard InChI is InChI=1S/C28H29F3N4O7/c1-4-42-26(38)18-10-12-33(13-11-18)24(36)23-25(37)34(16-17-6-5-7-19(14-17)28(29,30)31)27(39)35(32-23)20-8-9-21(40-2)22(15-20)41-3/h5-9,14-15,18H,4,10-13,16H2,1-3H3. The molecular formula is C28H29F3N4O7. The van der Waals surface area contributed by atoms with Gasteiger partial charge in [-0.1, -0.05) is 12.1 Å². The zero-order valence-electron chi connectivity index (χ0n) is 23.1. The van der Waals surface area contributed by atoms with E-state index in [1.807, 2.05) is 0 Å². The number of halogens is 3. The molecule has 1 aromatic heterocycles. The number of carbonyl (C=O) groups is 2. The van der Waals surface area contributed by atoms with Crippen LogP contribution in [0.3, 0.4) is 0 Å². The maximum atomic E-state index is 13.6. The lowest BCUT2D eigenvalue weighted by Gasteiger charge is -2.30. The van der Waals surface area contributed by atoms with Crippen LogP contribution < -0.4 is 20.7 Å². The van der Waals surface area contributed by atoms with Gasteiger partial charge in [-0.2, -0.15) is 23.0 Å². The van der Waals surface area contributed by atoms with E-state index in [2.05, 4.69) is 5.10 Å². The van der Waals surface area contributed by atoms with E-state index in [1.165, 1.54) is 43.4 Å². The van der Waals surface area contributed by atoms with Gasteiger partial charge >= 0.3 is 17.8 Å². The van der Waals surface area contributed by atoms with Crippen molar-refractivity contribution in [3.8, 4) is 17.2 Å². The van der Waals surface area contributed by atoms with Gasteiger partial charge in [-0.05, 0) is 49.6 Å². The molecule has 11 nitrogen and oxygen atoms in total. The molecule has 2 heterocycles. The number of esters is 1. The lowest BCUT2D eigenvalue weighted by molar-refractivity contribution is -0.149. The summed E-state index contributed by atoms with van der Waals surface area (Å²) >= 11 is 0. The average Bonchev–Trinajstić information content (AvgIpc) is 2.98. The lowest BCUT2D eigenvalue weighted by Crippen LogP contribution is -2.48. The van der Waals surface area contributed by atoms with Crippen LogP contribution in [0.5, 0.6) is 11.5 Å². The van der Waals surface area contributed by atoms with Crippen LogP contribution in [0.4, 0.5) is 13.2 Å². The number of nitrogens with zero attached hydrogens (tertiary/aromatic N) is 4. The number of rotatable bonds is 8. The molecule has 14 heteroatoms. The van der Waals surface area contributed by atoms with E-state index >= 15 is 0 Å². The molecule has 1 saturated heterocycles. The fourth-order valence-electron chi connectivity index (χ4n) is 4.67. The number of likely N-dealkylation sites (tertiary alicyclic amines) is 1. The van der Waals surface area contributed by atoms with Gasteiger partial charge in [0.15, 0.2) is 11.5 Å². The summed E-state index contributed by atoms with van der Waals surface area (Å²) in [7, 11) is 2.79. The van der Waals surface area contributed by atoms with Gasteiger partial charge < -0.3 is 19.1 Å². The van der Waals surface area contributed by atoms with E-state index in [1.54, 1.807) is 6.92 Å². The van der Waals surface area contributed by atoms with Crippen molar-refractivity contribution in [3.05, 3.63) is 80.1 Å². The van der Waals surface area contributed by atoms with E-state index < -0.39 is 47.1 Å². The van der Waals surface area contributed by atoms with Crippen LogP contribution in [0, 0.1) is 5.92 Å². The number of amides is 1. The zero-order valence-corrected chi connectivity index (χ0v) is 23.1. The SMILES string of the molecule is CCOC(=O)C1CCN(C(=O)c2nn(-c3ccc(OC)c(OC)c3)c(=O)n(Cc3cccc(C(F)(F)F)c3)c2=O)CC1. The molecule has 2 aromatic carbocycles. The first-order chi connectivity index (χ1) is 20.0. The third-order valence-corrected chi connectivity index (χ3v) is 6.87. The van der Waals surface area contributed by atoms with E-state index in [9.17, 15) is 32.3 Å². The summed E-state index contributed by atoms with van der Waals surface area (Å²) < 4.78 is 57.1. The number of benzene rings is 2. The Balaban J connectivity index is 1.79. The van der Waals surface area contributed by atoms with Crippen molar-refractivity contribution in [3.63, 3.8) is 0 Å². The minimum absolute atomic E-state index is 0.0164. The predicted molar refractivity (Wildman–Crippen MR) is 143 cm³/mol. The maximum absolute atomic E-state index is 13.6. The Bertz CT molecular complexity index is 1590. The van der Waals surface area contributed by atoms with E-state index in [0.717, 1.165) is 22.9 Å². The van der Waals surface area contributed by atoms with Gasteiger partial charge in [0.1, 0.15) is 0 Å². The Labute approximate surface area is 238 Å². The van der Waals surface area contributed by atoms with Crippen LogP contribution in [-0.4, -0.2) is 65.0 Å². The molecule has 1 aliphatic rings. The Morgan fingerprint density at radius 3 is 2.31 bits per heavy atom. The van der Waals surface area contributed by atoms with Crippen LogP contribution in [0.25, 0.3) is 5.69 Å². The molecule has 0 atom stereocenters. The summed E-state index contributed by atoms with van der Waals surface area (Å²) in [5.41, 5.74) is -3.48. The fourth-order valence-corrected chi connectivity index (χ4v) is 4.67. The minimum Gasteiger partial charge on any atom is -0.493 e. The molecule has 0 aliphatic carbocycles. The van der Waals surface area contributed by atoms with Crippen LogP contribution in [0.2, 0.25) is 0 Å². The first kappa shape index (κ1) is 30.3. The number of ether oxygens (including phenoxy) is 3. The normalized spacial score (nSPS) is 14.0. The second kappa shape index (κ2) is 12.5. The molecule has 224 valence electrons. The van der Waals surface area contributed by atoms with Gasteiger partial charge in [-0.25, -0.2) is 4.79 Å². The molecule has 1 amide bonds. The van der Waals surface area contributed by atoms with Gasteiger partial charge in [0, 0.05) is 19.2 Å². The smallest absolute Gasteiger partial charge is 0.416 e. The zero-order chi connectivity index (χ0) is 30.6. The Morgan fingerprint density at radius 1 is 1.00 bits per heavy atom. The third-order valence-electron chi connectivity index (χ3n) is 6.87. The van der Waals surface area contributed by atoms with Crippen LogP contribution >= 0.6 is 0 Å². The van der Waals surface area contributed by atoms with Gasteiger partial charge in [0.2, 0.25) is 5.69 Å². The molecule has 4 rings (SSSR count). The molecule has 0 N–H and O–H groups in total. The average molecular weight is 591 g/mol. The summed E-state index contributed by atoms with van der Waals surface area (Å²) in [6, 6.07) is 8.55. The number of carbonyl (C=O) groups excluding carboxylic acids is 2. The van der Waals surface area contributed by atoms with Crippen molar-refractivity contribution in [2.45, 2.75) is 32.5 Å². The molecular weight excluding hydrogens is 561 g/mol. The molecule has 0 saturated carbocycles. The second-order valence-electron chi connectivity index (χ2n) is 9.49. The van der Waals surface area contributed by atoms with Crippen molar-refractivity contribution in [1.29, 1.82) is 0 Å². The topological polar surface area (TPSA) is 122 Å². The van der Waals surface area contributed by atoms with Crippen molar-refractivity contribution >= 4 is 11.9 Å². The summed E-state index contributed by atoms with van der Waals surface area (Å²) in [5.74, 6) is -0.983. The first-order valence-corrected chi connectivity index (χ1v) is 13.1. The number of aromatic nitrogens is 3. The first-order valence-electron chi connectivity index (χ1n) is 13.1. The van der Waals surface area contributed by atoms with Gasteiger partial charge in [-0.3, -0.25) is 19.0 Å². The summed E-state index contributed by atoms with van der Waals surface area (Å²) in [4.78, 5) is 54.1. The molecule has 0 spiro atoms. The van der Waals surface area contributed by atoms with E-state index in [-0.39, 0.29) is 42.7 Å². The summed E-state index contributed by atoms with van der Waals surface area (Å²) in [6.07, 6.45) is -4.04. The Hall–Kier alpha value is -4.62. The van der Waals surface area contributed by atoms with E-state index in [4.69, 9.17) is 14.2 Å². The van der Waals surface area contributed by atoms with E-state index in [0.29, 0.717) is 23.2 Å². The highest BCUT2D eigenvalue weighted by Crippen LogP contribution is 2.30.